The van der Waals surface area contributed by atoms with E-state index in [1.54, 1.807) is 11.4 Å². The second kappa shape index (κ2) is 7.72. The molecular formula is C12H20N2O4S2. The lowest BCUT2D eigenvalue weighted by molar-refractivity contribution is -0.121. The number of amides is 1. The summed E-state index contributed by atoms with van der Waals surface area (Å²) in [6.45, 7) is 1.65. The van der Waals surface area contributed by atoms with Crippen molar-refractivity contribution in [1.82, 2.24) is 9.62 Å². The minimum atomic E-state index is -3.60. The van der Waals surface area contributed by atoms with Gasteiger partial charge in [-0.1, -0.05) is 13.0 Å². The molecule has 0 radical (unpaired) electrons. The molecule has 0 bridgehead atoms. The number of thiophene rings is 1. The number of sulfonamides is 1. The van der Waals surface area contributed by atoms with Crippen molar-refractivity contribution in [2.75, 3.05) is 20.2 Å². The number of aliphatic hydroxyl groups excluding tert-OH is 1. The van der Waals surface area contributed by atoms with E-state index < -0.39 is 10.0 Å². The molecule has 0 saturated carbocycles. The van der Waals surface area contributed by atoms with E-state index in [0.29, 0.717) is 12.8 Å². The summed E-state index contributed by atoms with van der Waals surface area (Å²) < 4.78 is 25.5. The molecular weight excluding hydrogens is 300 g/mol. The molecule has 114 valence electrons. The fourth-order valence-corrected chi connectivity index (χ4v) is 3.99. The Labute approximate surface area is 123 Å². The molecule has 0 aliphatic rings. The SMILES string of the molecule is CCC(CCO)NC(=O)CN(C)S(=O)(=O)c1cccs1. The van der Waals surface area contributed by atoms with Gasteiger partial charge in [-0.25, -0.2) is 8.42 Å². The van der Waals surface area contributed by atoms with Crippen LogP contribution < -0.4 is 5.32 Å². The molecule has 0 aliphatic carbocycles. The Balaban J connectivity index is 2.62. The molecule has 0 spiro atoms. The maximum atomic E-state index is 12.1. The number of carbonyl (C=O) groups is 1. The van der Waals surface area contributed by atoms with Crippen LogP contribution in [0.15, 0.2) is 21.7 Å². The van der Waals surface area contributed by atoms with Crippen LogP contribution in [0.4, 0.5) is 0 Å². The molecule has 1 rings (SSSR count). The Bertz CT molecular complexity index is 514. The molecule has 1 heterocycles. The Kier molecular flexibility index (Phi) is 6.60. The van der Waals surface area contributed by atoms with Crippen molar-refractivity contribution in [3.8, 4) is 0 Å². The van der Waals surface area contributed by atoms with Gasteiger partial charge < -0.3 is 10.4 Å². The van der Waals surface area contributed by atoms with Crippen molar-refractivity contribution in [3.63, 3.8) is 0 Å². The lowest BCUT2D eigenvalue weighted by atomic mass is 10.1. The van der Waals surface area contributed by atoms with Gasteiger partial charge in [-0.2, -0.15) is 4.31 Å². The van der Waals surface area contributed by atoms with E-state index >= 15 is 0 Å². The summed E-state index contributed by atoms with van der Waals surface area (Å²) in [4.78, 5) is 11.8. The number of carbonyl (C=O) groups excluding carboxylic acids is 1. The Morgan fingerprint density at radius 2 is 2.25 bits per heavy atom. The fourth-order valence-electron chi connectivity index (χ4n) is 1.66. The molecule has 0 aromatic carbocycles. The summed E-state index contributed by atoms with van der Waals surface area (Å²) in [5, 5.41) is 13.3. The minimum Gasteiger partial charge on any atom is -0.396 e. The molecule has 1 unspecified atom stereocenters. The summed E-state index contributed by atoms with van der Waals surface area (Å²) in [5.41, 5.74) is 0. The lowest BCUT2D eigenvalue weighted by Crippen LogP contribution is -2.42. The first kappa shape index (κ1) is 17.1. The Morgan fingerprint density at radius 3 is 2.75 bits per heavy atom. The number of rotatable bonds is 8. The number of aliphatic hydroxyl groups is 1. The second-order valence-corrected chi connectivity index (χ2v) is 7.60. The number of hydrogen-bond donors (Lipinski definition) is 2. The molecule has 2 N–H and O–H groups in total. The molecule has 1 amide bonds. The van der Waals surface area contributed by atoms with Gasteiger partial charge in [-0.15, -0.1) is 11.3 Å². The predicted molar refractivity (Wildman–Crippen MR) is 78.1 cm³/mol. The van der Waals surface area contributed by atoms with Crippen molar-refractivity contribution in [2.24, 2.45) is 0 Å². The van der Waals surface area contributed by atoms with Gasteiger partial charge in [0.25, 0.3) is 10.0 Å². The average molecular weight is 320 g/mol. The van der Waals surface area contributed by atoms with Crippen LogP contribution in [-0.4, -0.2) is 50.0 Å². The van der Waals surface area contributed by atoms with Crippen LogP contribution in [0, 0.1) is 0 Å². The van der Waals surface area contributed by atoms with E-state index in [1.807, 2.05) is 6.92 Å². The summed E-state index contributed by atoms with van der Waals surface area (Å²) in [6, 6.07) is 3.03. The zero-order chi connectivity index (χ0) is 15.2. The van der Waals surface area contributed by atoms with E-state index in [0.717, 1.165) is 15.6 Å². The molecule has 6 nitrogen and oxygen atoms in total. The second-order valence-electron chi connectivity index (χ2n) is 4.38. The smallest absolute Gasteiger partial charge is 0.252 e. The molecule has 1 aromatic heterocycles. The maximum absolute atomic E-state index is 12.1. The van der Waals surface area contributed by atoms with Crippen LogP contribution in [-0.2, 0) is 14.8 Å². The summed E-state index contributed by atoms with van der Waals surface area (Å²) >= 11 is 1.12. The number of nitrogens with one attached hydrogen (secondary N) is 1. The van der Waals surface area contributed by atoms with Crippen LogP contribution in [0.5, 0.6) is 0 Å². The number of nitrogens with zero attached hydrogens (tertiary/aromatic N) is 1. The van der Waals surface area contributed by atoms with Crippen LogP contribution in [0.2, 0.25) is 0 Å². The van der Waals surface area contributed by atoms with Gasteiger partial charge >= 0.3 is 0 Å². The minimum absolute atomic E-state index is 0.0118. The molecule has 1 aromatic rings. The van der Waals surface area contributed by atoms with Crippen LogP contribution in [0.3, 0.4) is 0 Å². The van der Waals surface area contributed by atoms with Crippen molar-refractivity contribution in [2.45, 2.75) is 30.0 Å². The molecule has 20 heavy (non-hydrogen) atoms. The fraction of sp³-hybridized carbons (Fsp3) is 0.583. The molecule has 0 saturated heterocycles. The highest BCUT2D eigenvalue weighted by Crippen LogP contribution is 2.19. The van der Waals surface area contributed by atoms with Crippen molar-refractivity contribution in [3.05, 3.63) is 17.5 Å². The normalized spacial score (nSPS) is 13.4. The van der Waals surface area contributed by atoms with Gasteiger partial charge in [0.15, 0.2) is 0 Å². The Hall–Kier alpha value is -0.960. The highest BCUT2D eigenvalue weighted by atomic mass is 32.2. The van der Waals surface area contributed by atoms with Gasteiger partial charge in [0.2, 0.25) is 5.91 Å². The van der Waals surface area contributed by atoms with Gasteiger partial charge in [-0.05, 0) is 24.3 Å². The Morgan fingerprint density at radius 1 is 1.55 bits per heavy atom. The third-order valence-electron chi connectivity index (χ3n) is 2.86. The van der Waals surface area contributed by atoms with Crippen LogP contribution in [0.25, 0.3) is 0 Å². The van der Waals surface area contributed by atoms with E-state index in [9.17, 15) is 13.2 Å². The third-order valence-corrected chi connectivity index (χ3v) is 6.04. The van der Waals surface area contributed by atoms with Gasteiger partial charge in [0.05, 0.1) is 6.54 Å². The lowest BCUT2D eigenvalue weighted by Gasteiger charge is -2.19. The first-order valence-corrected chi connectivity index (χ1v) is 8.63. The molecule has 8 heteroatoms. The average Bonchev–Trinajstić information content (AvgIpc) is 2.92. The summed E-state index contributed by atoms with van der Waals surface area (Å²) in [6.07, 6.45) is 1.15. The van der Waals surface area contributed by atoms with Gasteiger partial charge in [-0.3, -0.25) is 4.79 Å². The molecule has 0 aliphatic heterocycles. The molecule has 1 atom stereocenters. The summed E-state index contributed by atoms with van der Waals surface area (Å²) in [5.74, 6) is -0.368. The monoisotopic (exact) mass is 320 g/mol. The predicted octanol–water partition coefficient (Wildman–Crippen LogP) is 0.646. The zero-order valence-corrected chi connectivity index (χ0v) is 13.2. The quantitative estimate of drug-likeness (QED) is 0.736. The molecule has 0 fully saturated rings. The van der Waals surface area contributed by atoms with E-state index in [4.69, 9.17) is 5.11 Å². The van der Waals surface area contributed by atoms with E-state index in [-0.39, 0.29) is 29.3 Å². The van der Waals surface area contributed by atoms with Crippen molar-refractivity contribution in [1.29, 1.82) is 0 Å². The van der Waals surface area contributed by atoms with Gasteiger partial charge in [0, 0.05) is 19.7 Å². The standard InChI is InChI=1S/C12H20N2O4S2/c1-3-10(6-7-15)13-11(16)9-14(2)20(17,18)12-5-4-8-19-12/h4-5,8,10,15H,3,6-7,9H2,1-2H3,(H,13,16). The van der Waals surface area contributed by atoms with E-state index in [1.165, 1.54) is 13.1 Å². The van der Waals surface area contributed by atoms with Crippen molar-refractivity contribution < 1.29 is 18.3 Å². The highest BCUT2D eigenvalue weighted by molar-refractivity contribution is 7.91. The van der Waals surface area contributed by atoms with Crippen molar-refractivity contribution >= 4 is 27.3 Å². The largest absolute Gasteiger partial charge is 0.396 e. The van der Waals surface area contributed by atoms with E-state index in [2.05, 4.69) is 5.32 Å². The number of hydrogen-bond acceptors (Lipinski definition) is 5. The third kappa shape index (κ3) is 4.55. The first-order chi connectivity index (χ1) is 9.41. The van der Waals surface area contributed by atoms with Crippen LogP contribution >= 0.6 is 11.3 Å². The number of likely N-dealkylation sites (N-methyl/N-ethyl adjacent to an activating group) is 1. The van der Waals surface area contributed by atoms with Crippen LogP contribution in [0.1, 0.15) is 19.8 Å². The zero-order valence-electron chi connectivity index (χ0n) is 11.6. The first-order valence-electron chi connectivity index (χ1n) is 6.31. The maximum Gasteiger partial charge on any atom is 0.252 e. The summed E-state index contributed by atoms with van der Waals surface area (Å²) in [7, 11) is -2.23. The topological polar surface area (TPSA) is 86.7 Å². The highest BCUT2D eigenvalue weighted by Gasteiger charge is 2.24. The van der Waals surface area contributed by atoms with Gasteiger partial charge in [0.1, 0.15) is 4.21 Å².